The highest BCUT2D eigenvalue weighted by Crippen LogP contribution is 2.31. The van der Waals surface area contributed by atoms with Gasteiger partial charge < -0.3 is 10.9 Å². The normalized spacial score (nSPS) is 20.4. The molecule has 0 aliphatic carbocycles. The van der Waals surface area contributed by atoms with Crippen molar-refractivity contribution in [2.24, 2.45) is 16.3 Å². The average molecular weight is 261 g/mol. The smallest absolute Gasteiger partial charge is 0.145 e. The van der Waals surface area contributed by atoms with Crippen LogP contribution in [0.25, 0.3) is 0 Å². The van der Waals surface area contributed by atoms with Crippen molar-refractivity contribution in [1.29, 1.82) is 0 Å². The number of nitrogens with two attached hydrogens (primary N) is 1. The Morgan fingerprint density at radius 2 is 2.11 bits per heavy atom. The Kier molecular flexibility index (Phi) is 4.10. The van der Waals surface area contributed by atoms with Crippen LogP contribution in [0.2, 0.25) is 0 Å². The summed E-state index contributed by atoms with van der Waals surface area (Å²) >= 11 is 0. The van der Waals surface area contributed by atoms with Gasteiger partial charge in [0.05, 0.1) is 0 Å². The molecule has 0 atom stereocenters. The van der Waals surface area contributed by atoms with Gasteiger partial charge in [-0.1, -0.05) is 41.9 Å². The van der Waals surface area contributed by atoms with Crippen LogP contribution >= 0.6 is 0 Å². The van der Waals surface area contributed by atoms with Crippen LogP contribution in [0.15, 0.2) is 29.4 Å². The Morgan fingerprint density at radius 1 is 1.42 bits per heavy atom. The van der Waals surface area contributed by atoms with Gasteiger partial charge in [0.2, 0.25) is 0 Å². The maximum absolute atomic E-state index is 8.83. The lowest BCUT2D eigenvalue weighted by atomic mass is 9.79. The van der Waals surface area contributed by atoms with E-state index in [1.807, 2.05) is 0 Å². The van der Waals surface area contributed by atoms with Crippen molar-refractivity contribution in [1.82, 2.24) is 4.90 Å². The molecule has 1 fully saturated rings. The van der Waals surface area contributed by atoms with Crippen molar-refractivity contribution in [3.8, 4) is 0 Å². The molecule has 3 N–H and O–H groups in total. The molecular weight excluding hydrogens is 238 g/mol. The second kappa shape index (κ2) is 5.61. The molecule has 0 amide bonds. The molecule has 104 valence electrons. The third-order valence-corrected chi connectivity index (χ3v) is 4.17. The number of oxime groups is 1. The summed E-state index contributed by atoms with van der Waals surface area (Å²) in [4.78, 5) is 2.43. The first-order chi connectivity index (χ1) is 9.03. The molecule has 0 unspecified atom stereocenters. The Bertz CT molecular complexity index is 462. The van der Waals surface area contributed by atoms with Crippen molar-refractivity contribution in [2.75, 3.05) is 13.1 Å². The molecule has 0 bridgehead atoms. The highest BCUT2D eigenvalue weighted by atomic mass is 16.4. The zero-order chi connectivity index (χ0) is 13.9. The van der Waals surface area contributed by atoms with Crippen molar-refractivity contribution in [3.05, 3.63) is 35.4 Å². The zero-order valence-electron chi connectivity index (χ0n) is 11.8. The third-order valence-electron chi connectivity index (χ3n) is 4.17. The molecule has 0 radical (unpaired) electrons. The van der Waals surface area contributed by atoms with E-state index in [1.54, 1.807) is 0 Å². The van der Waals surface area contributed by atoms with Gasteiger partial charge in [-0.2, -0.15) is 0 Å². The van der Waals surface area contributed by atoms with Crippen molar-refractivity contribution in [2.45, 2.75) is 33.2 Å². The van der Waals surface area contributed by atoms with Gasteiger partial charge in [0.15, 0.2) is 0 Å². The molecule has 4 nitrogen and oxygen atoms in total. The Balaban J connectivity index is 1.94. The first-order valence-electron chi connectivity index (χ1n) is 6.79. The predicted octanol–water partition coefficient (Wildman–Crippen LogP) is 2.34. The summed E-state index contributed by atoms with van der Waals surface area (Å²) in [7, 11) is 0. The van der Waals surface area contributed by atoms with Gasteiger partial charge in [-0.3, -0.25) is 4.90 Å². The Labute approximate surface area is 114 Å². The summed E-state index contributed by atoms with van der Waals surface area (Å²) in [5.41, 5.74) is 8.28. The van der Waals surface area contributed by atoms with E-state index in [1.165, 1.54) is 11.1 Å². The molecule has 0 aromatic heterocycles. The summed E-state index contributed by atoms with van der Waals surface area (Å²) < 4.78 is 0. The number of nitrogens with zero attached hydrogens (tertiary/aromatic N) is 2. The first kappa shape index (κ1) is 13.9. The van der Waals surface area contributed by atoms with E-state index >= 15 is 0 Å². The number of hydrogen-bond donors (Lipinski definition) is 2. The number of amidine groups is 1. The van der Waals surface area contributed by atoms with Crippen LogP contribution in [0.4, 0.5) is 0 Å². The van der Waals surface area contributed by atoms with Gasteiger partial charge >= 0.3 is 0 Å². The van der Waals surface area contributed by atoms with E-state index in [4.69, 9.17) is 10.9 Å². The maximum Gasteiger partial charge on any atom is 0.145 e. The summed E-state index contributed by atoms with van der Waals surface area (Å²) in [6.07, 6.45) is 1.88. The van der Waals surface area contributed by atoms with E-state index in [-0.39, 0.29) is 5.41 Å². The molecule has 19 heavy (non-hydrogen) atoms. The van der Waals surface area contributed by atoms with Gasteiger partial charge in [0, 0.05) is 12.0 Å². The van der Waals surface area contributed by atoms with Gasteiger partial charge in [-0.05, 0) is 38.4 Å². The SMILES string of the molecule is Cc1cccc(CN2CCC(C)(/C(N)=N/O)CC2)c1. The molecule has 1 aromatic carbocycles. The summed E-state index contributed by atoms with van der Waals surface area (Å²) in [6.45, 7) is 7.15. The molecule has 0 saturated carbocycles. The number of aryl methyl sites for hydroxylation is 1. The maximum atomic E-state index is 8.83. The van der Waals surface area contributed by atoms with E-state index in [9.17, 15) is 0 Å². The predicted molar refractivity (Wildman–Crippen MR) is 77.2 cm³/mol. The number of piperidine rings is 1. The van der Waals surface area contributed by atoms with Crippen molar-refractivity contribution < 1.29 is 5.21 Å². The molecule has 1 aliphatic heterocycles. The standard InChI is InChI=1S/C15H23N3O/c1-12-4-3-5-13(10-12)11-18-8-6-15(2,7-9-18)14(16)17-19/h3-5,10,19H,6-9,11H2,1-2H3,(H2,16,17). The molecule has 1 heterocycles. The zero-order valence-corrected chi connectivity index (χ0v) is 11.8. The minimum Gasteiger partial charge on any atom is -0.409 e. The van der Waals surface area contributed by atoms with Crippen LogP contribution in [0, 0.1) is 12.3 Å². The fraction of sp³-hybridized carbons (Fsp3) is 0.533. The molecule has 2 rings (SSSR count). The van der Waals surface area contributed by atoms with Gasteiger partial charge in [0.1, 0.15) is 5.84 Å². The second-order valence-corrected chi connectivity index (χ2v) is 5.81. The Morgan fingerprint density at radius 3 is 2.68 bits per heavy atom. The topological polar surface area (TPSA) is 61.8 Å². The number of rotatable bonds is 3. The van der Waals surface area contributed by atoms with Crippen molar-refractivity contribution >= 4 is 5.84 Å². The van der Waals surface area contributed by atoms with E-state index in [0.717, 1.165) is 32.5 Å². The lowest BCUT2D eigenvalue weighted by Crippen LogP contribution is -2.45. The van der Waals surface area contributed by atoms with Gasteiger partial charge in [0.25, 0.3) is 0 Å². The number of benzene rings is 1. The van der Waals surface area contributed by atoms with Crippen LogP contribution in [0.3, 0.4) is 0 Å². The van der Waals surface area contributed by atoms with Crippen molar-refractivity contribution in [3.63, 3.8) is 0 Å². The van der Waals surface area contributed by atoms with Gasteiger partial charge in [-0.15, -0.1) is 0 Å². The van der Waals surface area contributed by atoms with Crippen LogP contribution < -0.4 is 5.73 Å². The summed E-state index contributed by atoms with van der Waals surface area (Å²) in [6, 6.07) is 8.63. The number of likely N-dealkylation sites (tertiary alicyclic amines) is 1. The van der Waals surface area contributed by atoms with Crippen LogP contribution in [-0.2, 0) is 6.54 Å². The van der Waals surface area contributed by atoms with Crippen LogP contribution in [-0.4, -0.2) is 29.0 Å². The fourth-order valence-corrected chi connectivity index (χ4v) is 2.65. The third kappa shape index (κ3) is 3.26. The minimum atomic E-state index is -0.155. The lowest BCUT2D eigenvalue weighted by molar-refractivity contribution is 0.153. The molecule has 4 heteroatoms. The molecular formula is C15H23N3O. The molecule has 1 saturated heterocycles. The minimum absolute atomic E-state index is 0.155. The molecule has 1 aliphatic rings. The van der Waals surface area contributed by atoms with Crippen LogP contribution in [0.1, 0.15) is 30.9 Å². The Hall–Kier alpha value is -1.55. The van der Waals surface area contributed by atoms with E-state index < -0.39 is 0 Å². The van der Waals surface area contributed by atoms with Gasteiger partial charge in [-0.25, -0.2) is 0 Å². The largest absolute Gasteiger partial charge is 0.409 e. The molecule has 0 spiro atoms. The summed E-state index contributed by atoms with van der Waals surface area (Å²) in [5.74, 6) is 0.364. The monoisotopic (exact) mass is 261 g/mol. The highest BCUT2D eigenvalue weighted by molar-refractivity contribution is 5.85. The fourth-order valence-electron chi connectivity index (χ4n) is 2.65. The average Bonchev–Trinajstić information content (AvgIpc) is 2.41. The first-order valence-corrected chi connectivity index (χ1v) is 6.79. The lowest BCUT2D eigenvalue weighted by Gasteiger charge is -2.38. The summed E-state index contributed by atoms with van der Waals surface area (Å²) in [5, 5.41) is 12.0. The van der Waals surface area contributed by atoms with E-state index in [2.05, 4.69) is 48.2 Å². The number of hydrogen-bond acceptors (Lipinski definition) is 3. The van der Waals surface area contributed by atoms with Crippen LogP contribution in [0.5, 0.6) is 0 Å². The second-order valence-electron chi connectivity index (χ2n) is 5.81. The van der Waals surface area contributed by atoms with E-state index in [0.29, 0.717) is 5.84 Å². The molecule has 1 aromatic rings. The quantitative estimate of drug-likeness (QED) is 0.380. The highest BCUT2D eigenvalue weighted by Gasteiger charge is 2.34.